The summed E-state index contributed by atoms with van der Waals surface area (Å²) in [5.41, 5.74) is 6.07. The van der Waals surface area contributed by atoms with Crippen LogP contribution in [-0.4, -0.2) is 22.7 Å². The number of benzene rings is 1. The summed E-state index contributed by atoms with van der Waals surface area (Å²) >= 11 is 7.30. The summed E-state index contributed by atoms with van der Waals surface area (Å²) in [6.07, 6.45) is -0.267. The lowest BCUT2D eigenvalue weighted by Crippen LogP contribution is -2.16. The molecule has 1 aliphatic rings. The van der Waals surface area contributed by atoms with Gasteiger partial charge in [-0.15, -0.1) is 0 Å². The molecule has 1 aromatic rings. The van der Waals surface area contributed by atoms with Crippen molar-refractivity contribution in [3.05, 3.63) is 34.9 Å². The zero-order valence-electron chi connectivity index (χ0n) is 7.81. The van der Waals surface area contributed by atoms with E-state index in [1.54, 1.807) is 24.3 Å². The molecule has 78 valence electrons. The number of hydrogen-bond donors (Lipinski definition) is 1. The van der Waals surface area contributed by atoms with Gasteiger partial charge in [0.2, 0.25) is 5.78 Å². The summed E-state index contributed by atoms with van der Waals surface area (Å²) in [6.45, 7) is 0. The first-order valence-corrected chi connectivity index (χ1v) is 5.80. The number of hydrogen-bond acceptors (Lipinski definition) is 4. The Hall–Kier alpha value is -0.840. The van der Waals surface area contributed by atoms with Crippen LogP contribution in [0.25, 0.3) is 0 Å². The molecule has 1 unspecified atom stereocenters. The third kappa shape index (κ3) is 2.22. The molecule has 0 bridgehead atoms. The van der Waals surface area contributed by atoms with Gasteiger partial charge in [-0.2, -0.15) is 0 Å². The van der Waals surface area contributed by atoms with Crippen LogP contribution >= 0.6 is 23.4 Å². The van der Waals surface area contributed by atoms with Crippen LogP contribution in [0.4, 0.5) is 0 Å². The Kier molecular flexibility index (Phi) is 3.09. The van der Waals surface area contributed by atoms with E-state index in [-0.39, 0.29) is 11.9 Å². The molecule has 1 aliphatic heterocycles. The van der Waals surface area contributed by atoms with Crippen molar-refractivity contribution in [3.8, 4) is 0 Å². The number of nitrogens with zero attached hydrogens (tertiary/aromatic N) is 1. The molecule has 0 saturated heterocycles. The van der Waals surface area contributed by atoms with Crippen LogP contribution in [0.3, 0.4) is 0 Å². The number of carbonyl (C=O) groups is 1. The average molecular weight is 241 g/mol. The van der Waals surface area contributed by atoms with Gasteiger partial charge in [0.15, 0.2) is 0 Å². The predicted octanol–water partition coefficient (Wildman–Crippen LogP) is 1.95. The molecule has 5 heteroatoms. The molecular weight excluding hydrogens is 232 g/mol. The van der Waals surface area contributed by atoms with Crippen molar-refractivity contribution in [2.45, 2.75) is 6.17 Å². The van der Waals surface area contributed by atoms with E-state index < -0.39 is 0 Å². The molecule has 0 spiro atoms. The summed E-state index contributed by atoms with van der Waals surface area (Å²) < 4.78 is 0. The number of aliphatic imine (C=N–C) groups is 1. The molecule has 0 aliphatic carbocycles. The topological polar surface area (TPSA) is 55.5 Å². The molecule has 0 fully saturated rings. The first-order chi connectivity index (χ1) is 7.18. The standard InChI is InChI=1S/C10H9ClN2OS/c11-7-4-2-1-3-6(7)9(14)10-13-8(12)5-15-10/h1-4,8H,5,12H2. The molecule has 1 heterocycles. The minimum Gasteiger partial charge on any atom is -0.309 e. The molecule has 2 rings (SSSR count). The Morgan fingerprint density at radius 2 is 2.27 bits per heavy atom. The minimum atomic E-state index is -0.267. The van der Waals surface area contributed by atoms with Crippen molar-refractivity contribution in [1.29, 1.82) is 0 Å². The fraction of sp³-hybridized carbons (Fsp3) is 0.200. The van der Waals surface area contributed by atoms with Gasteiger partial charge in [-0.05, 0) is 12.1 Å². The molecule has 0 amide bonds. The molecule has 0 radical (unpaired) electrons. The largest absolute Gasteiger partial charge is 0.309 e. The highest BCUT2D eigenvalue weighted by Crippen LogP contribution is 2.22. The highest BCUT2D eigenvalue weighted by atomic mass is 35.5. The lowest BCUT2D eigenvalue weighted by Gasteiger charge is -2.01. The van der Waals surface area contributed by atoms with E-state index in [0.29, 0.717) is 21.4 Å². The van der Waals surface area contributed by atoms with Crippen molar-refractivity contribution >= 4 is 34.2 Å². The van der Waals surface area contributed by atoms with Gasteiger partial charge in [-0.3, -0.25) is 9.79 Å². The molecule has 3 nitrogen and oxygen atoms in total. The Balaban J connectivity index is 2.29. The van der Waals surface area contributed by atoms with Gasteiger partial charge in [0.1, 0.15) is 11.2 Å². The van der Waals surface area contributed by atoms with Gasteiger partial charge in [-0.1, -0.05) is 35.5 Å². The maximum atomic E-state index is 11.9. The van der Waals surface area contributed by atoms with Crippen molar-refractivity contribution in [2.75, 3.05) is 5.75 Å². The van der Waals surface area contributed by atoms with Crippen molar-refractivity contribution in [3.63, 3.8) is 0 Å². The Labute approximate surface area is 96.7 Å². The Bertz CT molecular complexity index is 433. The normalized spacial score (nSPS) is 20.1. The SMILES string of the molecule is NC1CSC(C(=O)c2ccccc2Cl)=N1. The van der Waals surface area contributed by atoms with E-state index in [1.165, 1.54) is 11.8 Å². The second-order valence-corrected chi connectivity index (χ2v) is 4.54. The molecule has 0 saturated carbocycles. The summed E-state index contributed by atoms with van der Waals surface area (Å²) in [6, 6.07) is 6.94. The summed E-state index contributed by atoms with van der Waals surface area (Å²) in [7, 11) is 0. The summed E-state index contributed by atoms with van der Waals surface area (Å²) in [5, 5.41) is 0.905. The fourth-order valence-corrected chi connectivity index (χ4v) is 2.35. The maximum Gasteiger partial charge on any atom is 0.218 e. The molecule has 1 atom stereocenters. The average Bonchev–Trinajstić information content (AvgIpc) is 2.65. The predicted molar refractivity (Wildman–Crippen MR) is 63.7 cm³/mol. The van der Waals surface area contributed by atoms with E-state index in [2.05, 4.69) is 4.99 Å². The van der Waals surface area contributed by atoms with Crippen LogP contribution in [-0.2, 0) is 0 Å². The van der Waals surface area contributed by atoms with Crippen LogP contribution in [0.15, 0.2) is 29.3 Å². The van der Waals surface area contributed by atoms with Gasteiger partial charge in [0, 0.05) is 11.3 Å². The molecular formula is C10H9ClN2OS. The van der Waals surface area contributed by atoms with Crippen LogP contribution in [0.5, 0.6) is 0 Å². The van der Waals surface area contributed by atoms with E-state index in [0.717, 1.165) is 0 Å². The van der Waals surface area contributed by atoms with Crippen molar-refractivity contribution in [2.24, 2.45) is 10.7 Å². The van der Waals surface area contributed by atoms with E-state index in [9.17, 15) is 4.79 Å². The van der Waals surface area contributed by atoms with Gasteiger partial charge < -0.3 is 5.73 Å². The first kappa shape index (κ1) is 10.7. The molecule has 15 heavy (non-hydrogen) atoms. The quantitative estimate of drug-likeness (QED) is 0.804. The smallest absolute Gasteiger partial charge is 0.218 e. The van der Waals surface area contributed by atoms with Crippen LogP contribution in [0, 0.1) is 0 Å². The first-order valence-electron chi connectivity index (χ1n) is 4.44. The van der Waals surface area contributed by atoms with E-state index >= 15 is 0 Å². The maximum absolute atomic E-state index is 11.9. The zero-order valence-corrected chi connectivity index (χ0v) is 9.39. The number of ketones is 1. The number of carbonyl (C=O) groups excluding carboxylic acids is 1. The minimum absolute atomic E-state index is 0.140. The zero-order chi connectivity index (χ0) is 10.8. The lowest BCUT2D eigenvalue weighted by molar-refractivity contribution is 0.106. The monoisotopic (exact) mass is 240 g/mol. The molecule has 0 aromatic heterocycles. The summed E-state index contributed by atoms with van der Waals surface area (Å²) in [4.78, 5) is 16.0. The van der Waals surface area contributed by atoms with Gasteiger partial charge >= 0.3 is 0 Å². The highest BCUT2D eigenvalue weighted by Gasteiger charge is 2.23. The third-order valence-corrected chi connectivity index (χ3v) is 3.39. The number of halogens is 1. The molecule has 2 N–H and O–H groups in total. The second kappa shape index (κ2) is 4.35. The van der Waals surface area contributed by atoms with Gasteiger partial charge in [-0.25, -0.2) is 0 Å². The van der Waals surface area contributed by atoms with E-state index in [1.807, 2.05) is 0 Å². The Morgan fingerprint density at radius 1 is 1.53 bits per heavy atom. The number of Topliss-reactive ketones (excluding diaryl/α,β-unsaturated/α-hetero) is 1. The number of rotatable bonds is 2. The molecule has 1 aromatic carbocycles. The Morgan fingerprint density at radius 3 is 2.87 bits per heavy atom. The van der Waals surface area contributed by atoms with Crippen LogP contribution in [0.1, 0.15) is 10.4 Å². The van der Waals surface area contributed by atoms with Crippen molar-refractivity contribution in [1.82, 2.24) is 0 Å². The van der Waals surface area contributed by atoms with Crippen molar-refractivity contribution < 1.29 is 4.79 Å². The number of nitrogens with two attached hydrogens (primary N) is 1. The lowest BCUT2D eigenvalue weighted by atomic mass is 10.1. The summed E-state index contributed by atoms with van der Waals surface area (Å²) in [5.74, 6) is 0.518. The highest BCUT2D eigenvalue weighted by molar-refractivity contribution is 8.16. The van der Waals surface area contributed by atoms with Gasteiger partial charge in [0.25, 0.3) is 0 Å². The fourth-order valence-electron chi connectivity index (χ4n) is 1.27. The number of thioether (sulfide) groups is 1. The van der Waals surface area contributed by atoms with Crippen LogP contribution < -0.4 is 5.73 Å². The third-order valence-electron chi connectivity index (χ3n) is 1.99. The van der Waals surface area contributed by atoms with E-state index in [4.69, 9.17) is 17.3 Å². The van der Waals surface area contributed by atoms with Crippen LogP contribution in [0.2, 0.25) is 5.02 Å². The second-order valence-electron chi connectivity index (χ2n) is 3.12. The van der Waals surface area contributed by atoms with Gasteiger partial charge in [0.05, 0.1) is 5.02 Å².